The second kappa shape index (κ2) is 5.49. The van der Waals surface area contributed by atoms with Gasteiger partial charge in [0.05, 0.1) is 4.92 Å². The van der Waals surface area contributed by atoms with Crippen LogP contribution in [-0.2, 0) is 0 Å². The number of nitro groups is 1. The fourth-order valence-electron chi connectivity index (χ4n) is 3.40. The van der Waals surface area contributed by atoms with Crippen LogP contribution in [0.2, 0.25) is 0 Å². The molecule has 26 heavy (non-hydrogen) atoms. The van der Waals surface area contributed by atoms with E-state index in [-0.39, 0.29) is 17.4 Å². The van der Waals surface area contributed by atoms with Crippen molar-refractivity contribution in [3.63, 3.8) is 0 Å². The number of hydrogen-bond acceptors (Lipinski definition) is 5. The van der Waals surface area contributed by atoms with Gasteiger partial charge in [0, 0.05) is 17.2 Å². The van der Waals surface area contributed by atoms with Crippen LogP contribution in [0.5, 0.6) is 17.2 Å². The predicted molar refractivity (Wildman–Crippen MR) is 94.9 cm³/mol. The first-order valence-corrected chi connectivity index (χ1v) is 8.14. The summed E-state index contributed by atoms with van der Waals surface area (Å²) in [5.74, 6) is 1.82. The highest BCUT2D eigenvalue weighted by Crippen LogP contribution is 2.43. The molecule has 2 aliphatic rings. The van der Waals surface area contributed by atoms with Crippen LogP contribution in [0.3, 0.4) is 0 Å². The summed E-state index contributed by atoms with van der Waals surface area (Å²) in [6.07, 6.45) is 0.796. The highest BCUT2D eigenvalue weighted by Gasteiger charge is 2.34. The lowest BCUT2D eigenvalue weighted by molar-refractivity contribution is -0.434. The van der Waals surface area contributed by atoms with Gasteiger partial charge < -0.3 is 14.2 Å². The summed E-state index contributed by atoms with van der Waals surface area (Å²) in [6.45, 7) is 0.150. The van der Waals surface area contributed by atoms with Gasteiger partial charge in [-0.3, -0.25) is 10.1 Å². The van der Waals surface area contributed by atoms with Gasteiger partial charge in [-0.25, -0.2) is 0 Å². The number of benzene rings is 3. The van der Waals surface area contributed by atoms with Crippen LogP contribution in [-0.4, -0.2) is 11.7 Å². The van der Waals surface area contributed by atoms with Gasteiger partial charge in [-0.1, -0.05) is 36.4 Å². The smallest absolute Gasteiger partial charge is 0.291 e. The van der Waals surface area contributed by atoms with E-state index in [9.17, 15) is 10.1 Å². The third-order valence-electron chi connectivity index (χ3n) is 4.65. The number of fused-ring (bicyclic) bond motifs is 4. The van der Waals surface area contributed by atoms with Gasteiger partial charge in [0.25, 0.3) is 5.70 Å². The van der Waals surface area contributed by atoms with Crippen LogP contribution < -0.4 is 14.2 Å². The van der Waals surface area contributed by atoms with Gasteiger partial charge >= 0.3 is 0 Å². The maximum absolute atomic E-state index is 11.7. The normalized spacial score (nSPS) is 17.4. The molecule has 3 aromatic rings. The van der Waals surface area contributed by atoms with Crippen LogP contribution in [0.1, 0.15) is 17.2 Å². The first kappa shape index (κ1) is 14.8. The molecule has 5 rings (SSSR count). The Morgan fingerprint density at radius 1 is 0.962 bits per heavy atom. The van der Waals surface area contributed by atoms with Crippen LogP contribution in [0.15, 0.2) is 60.3 Å². The lowest BCUT2D eigenvalue weighted by Gasteiger charge is -2.23. The van der Waals surface area contributed by atoms with Gasteiger partial charge in [0.2, 0.25) is 12.9 Å². The average molecular weight is 347 g/mol. The summed E-state index contributed by atoms with van der Waals surface area (Å²) in [5.41, 5.74) is 1.37. The highest BCUT2D eigenvalue weighted by atomic mass is 16.7. The van der Waals surface area contributed by atoms with Crippen LogP contribution >= 0.6 is 0 Å². The molecular formula is C20H13NO5. The average Bonchev–Trinajstić information content (AvgIpc) is 3.14. The standard InChI is InChI=1S/C20H13NO5/c22-21(23)16-10-15-14-4-2-1-3-12(14)5-7-17(15)26-20(16)13-6-8-18-19(9-13)25-11-24-18/h1-10,20H,11H2/t20-/m1/s1. The van der Waals surface area contributed by atoms with Crippen molar-refractivity contribution < 1.29 is 19.1 Å². The lowest BCUT2D eigenvalue weighted by atomic mass is 9.97. The van der Waals surface area contributed by atoms with E-state index in [2.05, 4.69) is 0 Å². The van der Waals surface area contributed by atoms with E-state index in [1.165, 1.54) is 0 Å². The molecule has 0 fully saturated rings. The summed E-state index contributed by atoms with van der Waals surface area (Å²) >= 11 is 0. The molecule has 0 unspecified atom stereocenters. The molecule has 6 heteroatoms. The number of nitrogens with zero attached hydrogens (tertiary/aromatic N) is 1. The minimum Gasteiger partial charge on any atom is -0.474 e. The lowest BCUT2D eigenvalue weighted by Crippen LogP contribution is -2.19. The van der Waals surface area contributed by atoms with Crippen molar-refractivity contribution in [1.82, 2.24) is 0 Å². The summed E-state index contributed by atoms with van der Waals surface area (Å²) < 4.78 is 16.7. The largest absolute Gasteiger partial charge is 0.474 e. The molecule has 0 bridgehead atoms. The molecular weight excluding hydrogens is 334 g/mol. The minimum absolute atomic E-state index is 0.00674. The zero-order chi connectivity index (χ0) is 17.7. The van der Waals surface area contributed by atoms with Crippen molar-refractivity contribution in [3.8, 4) is 17.2 Å². The second-order valence-electron chi connectivity index (χ2n) is 6.14. The van der Waals surface area contributed by atoms with Gasteiger partial charge in [-0.2, -0.15) is 0 Å². The van der Waals surface area contributed by atoms with Crippen molar-refractivity contribution in [2.75, 3.05) is 6.79 Å². The van der Waals surface area contributed by atoms with Gasteiger partial charge in [-0.05, 0) is 29.0 Å². The van der Waals surface area contributed by atoms with E-state index >= 15 is 0 Å². The predicted octanol–water partition coefficient (Wildman–Crippen LogP) is 4.32. The Morgan fingerprint density at radius 2 is 1.77 bits per heavy atom. The van der Waals surface area contributed by atoms with Crippen molar-refractivity contribution in [3.05, 3.63) is 81.5 Å². The Bertz CT molecular complexity index is 1090. The molecule has 0 spiro atoms. The van der Waals surface area contributed by atoms with Crippen LogP contribution in [0.4, 0.5) is 0 Å². The summed E-state index contributed by atoms with van der Waals surface area (Å²) in [5, 5.41) is 13.7. The highest BCUT2D eigenvalue weighted by molar-refractivity contribution is 5.93. The molecule has 0 aliphatic carbocycles. The molecule has 2 aliphatic heterocycles. The first-order valence-electron chi connectivity index (χ1n) is 8.14. The van der Waals surface area contributed by atoms with E-state index in [1.807, 2.05) is 36.4 Å². The van der Waals surface area contributed by atoms with Gasteiger partial charge in [0.1, 0.15) is 5.75 Å². The zero-order valence-electron chi connectivity index (χ0n) is 13.5. The van der Waals surface area contributed by atoms with E-state index < -0.39 is 6.10 Å². The topological polar surface area (TPSA) is 70.8 Å². The maximum Gasteiger partial charge on any atom is 0.291 e. The Hall–Kier alpha value is -3.54. The van der Waals surface area contributed by atoms with Crippen molar-refractivity contribution in [2.24, 2.45) is 0 Å². The second-order valence-corrected chi connectivity index (χ2v) is 6.14. The molecule has 128 valence electrons. The Morgan fingerprint density at radius 3 is 2.65 bits per heavy atom. The summed E-state index contributed by atoms with van der Waals surface area (Å²) in [4.78, 5) is 11.3. The first-order chi connectivity index (χ1) is 12.7. The molecule has 0 saturated heterocycles. The number of ether oxygens (including phenoxy) is 3. The molecule has 0 saturated carbocycles. The monoisotopic (exact) mass is 347 g/mol. The molecule has 0 N–H and O–H groups in total. The van der Waals surface area contributed by atoms with Gasteiger partial charge in [0.15, 0.2) is 11.5 Å². The third kappa shape index (κ3) is 2.19. The third-order valence-corrected chi connectivity index (χ3v) is 4.65. The fourth-order valence-corrected chi connectivity index (χ4v) is 3.40. The van der Waals surface area contributed by atoms with Gasteiger partial charge in [-0.15, -0.1) is 0 Å². The maximum atomic E-state index is 11.7. The quantitative estimate of drug-likeness (QED) is 0.510. The molecule has 3 aromatic carbocycles. The Labute approximate surface area is 148 Å². The van der Waals surface area contributed by atoms with Crippen molar-refractivity contribution >= 4 is 16.8 Å². The number of hydrogen-bond donors (Lipinski definition) is 0. The van der Waals surface area contributed by atoms with Crippen molar-refractivity contribution in [1.29, 1.82) is 0 Å². The minimum atomic E-state index is -0.812. The molecule has 2 heterocycles. The van der Waals surface area contributed by atoms with E-state index in [0.717, 1.165) is 16.3 Å². The summed E-state index contributed by atoms with van der Waals surface area (Å²) in [7, 11) is 0. The summed E-state index contributed by atoms with van der Waals surface area (Å²) in [6, 6.07) is 16.8. The Balaban J connectivity index is 1.66. The molecule has 0 radical (unpaired) electrons. The Kier molecular flexibility index (Phi) is 3.12. The SMILES string of the molecule is O=[N+]([O-])C1=Cc2c(ccc3ccccc23)O[C@@H]1c1ccc2c(c1)OCO2. The zero-order valence-corrected chi connectivity index (χ0v) is 13.5. The molecule has 6 nitrogen and oxygen atoms in total. The van der Waals surface area contributed by atoms with Crippen molar-refractivity contribution in [2.45, 2.75) is 6.10 Å². The number of rotatable bonds is 2. The van der Waals surface area contributed by atoms with E-state index in [4.69, 9.17) is 14.2 Å². The molecule has 0 amide bonds. The molecule has 1 atom stereocenters. The van der Waals surface area contributed by atoms with Crippen LogP contribution in [0, 0.1) is 10.1 Å². The van der Waals surface area contributed by atoms with E-state index in [1.54, 1.807) is 24.3 Å². The fraction of sp³-hybridized carbons (Fsp3) is 0.100. The van der Waals surface area contributed by atoms with E-state index in [0.29, 0.717) is 22.8 Å². The molecule has 0 aromatic heterocycles. The van der Waals surface area contributed by atoms with Crippen LogP contribution in [0.25, 0.3) is 16.8 Å².